The lowest BCUT2D eigenvalue weighted by atomic mass is 9.95. The fourth-order valence-corrected chi connectivity index (χ4v) is 12.9. The molecule has 0 fully saturated rings. The van der Waals surface area contributed by atoms with E-state index in [1.807, 2.05) is 0 Å². The molecule has 148 valence electrons. The van der Waals surface area contributed by atoms with Gasteiger partial charge in [0.15, 0.2) is 16.6 Å². The minimum Gasteiger partial charge on any atom is -0.455 e. The minimum absolute atomic E-state index is 0.266. The summed E-state index contributed by atoms with van der Waals surface area (Å²) >= 11 is 0. The molecule has 0 aliphatic heterocycles. The Morgan fingerprint density at radius 2 is 1.04 bits per heavy atom. The summed E-state index contributed by atoms with van der Waals surface area (Å²) in [4.78, 5) is 0. The molecule has 0 N–H and O–H groups in total. The molecular weight excluding hydrogens is 336 g/mol. The molecule has 3 heteroatoms. The van der Waals surface area contributed by atoms with Crippen LogP contribution >= 0.6 is 0 Å². The van der Waals surface area contributed by atoms with Crippen LogP contribution < -0.4 is 0 Å². The number of hydrogen-bond donors (Lipinski definition) is 0. The second-order valence-corrected chi connectivity index (χ2v) is 20.1. The maximum atomic E-state index is 7.14. The Kier molecular flexibility index (Phi) is 9.14. The molecule has 1 nitrogen and oxygen atoms in total. The zero-order valence-corrected chi connectivity index (χ0v) is 21.0. The van der Waals surface area contributed by atoms with Gasteiger partial charge in [0, 0.05) is 0 Å². The number of hydrogen-bond acceptors (Lipinski definition) is 1. The molecule has 0 aliphatic carbocycles. The van der Waals surface area contributed by atoms with Gasteiger partial charge in [-0.15, -0.1) is 13.2 Å². The molecule has 0 saturated heterocycles. The molecule has 0 rings (SSSR count). The molecule has 0 unspecified atom stereocenters. The van der Waals surface area contributed by atoms with Crippen LogP contribution in [0.5, 0.6) is 0 Å². The summed E-state index contributed by atoms with van der Waals surface area (Å²) in [5, 5.41) is 0.533. The van der Waals surface area contributed by atoms with Gasteiger partial charge in [-0.3, -0.25) is 0 Å². The van der Waals surface area contributed by atoms with Gasteiger partial charge in [-0.2, -0.15) is 0 Å². The van der Waals surface area contributed by atoms with Crippen LogP contribution in [0.4, 0.5) is 0 Å². The summed E-state index contributed by atoms with van der Waals surface area (Å²) < 4.78 is 7.14. The zero-order chi connectivity index (χ0) is 20.1. The standard InChI is InChI=1S/C22H46OSi2/c1-13-15-19(3)17-21(5,6)24(9,10)23-25(11,12)22(7,8)18-20(4)16-14-2/h13-14,19-20H,1-2,15-18H2,3-12H3/t19-,20+. The summed E-state index contributed by atoms with van der Waals surface area (Å²) in [5.74, 6) is 1.35. The smallest absolute Gasteiger partial charge is 0.179 e. The van der Waals surface area contributed by atoms with Crippen LogP contribution in [0.3, 0.4) is 0 Å². The van der Waals surface area contributed by atoms with Gasteiger partial charge in [0.25, 0.3) is 0 Å². The Morgan fingerprint density at radius 1 is 0.760 bits per heavy atom. The first-order valence-electron chi connectivity index (χ1n) is 10.0. The summed E-state index contributed by atoms with van der Waals surface area (Å²) in [6.07, 6.45) is 8.74. The van der Waals surface area contributed by atoms with Gasteiger partial charge in [0.1, 0.15) is 0 Å². The average Bonchev–Trinajstić information content (AvgIpc) is 2.35. The van der Waals surface area contributed by atoms with E-state index < -0.39 is 16.6 Å². The van der Waals surface area contributed by atoms with E-state index in [-0.39, 0.29) is 10.1 Å². The van der Waals surface area contributed by atoms with Gasteiger partial charge in [0.05, 0.1) is 0 Å². The summed E-state index contributed by atoms with van der Waals surface area (Å²) in [6, 6.07) is 0. The van der Waals surface area contributed by atoms with Crippen LogP contribution in [0.1, 0.15) is 67.2 Å². The molecular formula is C22H46OSi2. The van der Waals surface area contributed by atoms with Gasteiger partial charge in [-0.1, -0.05) is 53.7 Å². The molecule has 0 heterocycles. The van der Waals surface area contributed by atoms with Crippen molar-refractivity contribution >= 4 is 16.6 Å². The number of allylic oxidation sites excluding steroid dienone is 2. The maximum absolute atomic E-state index is 7.14. The largest absolute Gasteiger partial charge is 0.455 e. The first kappa shape index (κ1) is 24.9. The third-order valence-corrected chi connectivity index (χ3v) is 17.6. The average molecular weight is 383 g/mol. The Balaban J connectivity index is 5.26. The third kappa shape index (κ3) is 7.18. The Labute approximate surface area is 161 Å². The van der Waals surface area contributed by atoms with Crippen molar-refractivity contribution in [2.45, 2.75) is 103 Å². The lowest BCUT2D eigenvalue weighted by Crippen LogP contribution is -2.55. The van der Waals surface area contributed by atoms with E-state index in [1.54, 1.807) is 0 Å². The van der Waals surface area contributed by atoms with Crippen molar-refractivity contribution in [3.63, 3.8) is 0 Å². The quantitative estimate of drug-likeness (QED) is 0.244. The molecule has 0 bridgehead atoms. The van der Waals surface area contributed by atoms with Crippen LogP contribution in [-0.2, 0) is 4.12 Å². The minimum atomic E-state index is -1.83. The van der Waals surface area contributed by atoms with E-state index in [4.69, 9.17) is 4.12 Å². The first-order valence-corrected chi connectivity index (χ1v) is 15.9. The van der Waals surface area contributed by atoms with Gasteiger partial charge < -0.3 is 4.12 Å². The highest BCUT2D eigenvalue weighted by Gasteiger charge is 2.50. The molecule has 0 amide bonds. The molecule has 0 saturated carbocycles. The van der Waals surface area contributed by atoms with Gasteiger partial charge >= 0.3 is 0 Å². The Hall–Kier alpha value is -0.126. The summed E-state index contributed by atoms with van der Waals surface area (Å²) in [7, 11) is -3.66. The van der Waals surface area contributed by atoms with Gasteiger partial charge in [0.2, 0.25) is 0 Å². The highest BCUT2D eigenvalue weighted by molar-refractivity contribution is 6.87. The lowest BCUT2D eigenvalue weighted by molar-refractivity contribution is 0.361. The highest BCUT2D eigenvalue weighted by Crippen LogP contribution is 2.50. The predicted octanol–water partition coefficient (Wildman–Crippen LogP) is 8.18. The van der Waals surface area contributed by atoms with E-state index in [0.29, 0.717) is 11.8 Å². The van der Waals surface area contributed by atoms with E-state index in [1.165, 1.54) is 12.8 Å². The maximum Gasteiger partial charge on any atom is 0.179 e. The summed E-state index contributed by atoms with van der Waals surface area (Å²) in [6.45, 7) is 32.0. The van der Waals surface area contributed by atoms with Crippen LogP contribution in [0.15, 0.2) is 25.3 Å². The third-order valence-electron chi connectivity index (χ3n) is 6.63. The molecule has 0 radical (unpaired) electrons. The zero-order valence-electron chi connectivity index (χ0n) is 19.0. The fourth-order valence-electron chi connectivity index (χ4n) is 3.88. The molecule has 25 heavy (non-hydrogen) atoms. The second kappa shape index (κ2) is 9.19. The van der Waals surface area contributed by atoms with Crippen LogP contribution in [0.25, 0.3) is 0 Å². The topological polar surface area (TPSA) is 9.23 Å². The fraction of sp³-hybridized carbons (Fsp3) is 0.818. The molecule has 2 atom stereocenters. The van der Waals surface area contributed by atoms with Crippen LogP contribution in [0, 0.1) is 11.8 Å². The first-order chi connectivity index (χ1) is 11.1. The highest BCUT2D eigenvalue weighted by atomic mass is 28.4. The van der Waals surface area contributed by atoms with Gasteiger partial charge in [-0.05, 0) is 73.8 Å². The van der Waals surface area contributed by atoms with Crippen molar-refractivity contribution < 1.29 is 4.12 Å². The molecule has 0 aromatic carbocycles. The van der Waals surface area contributed by atoms with Crippen LogP contribution in [0.2, 0.25) is 36.3 Å². The van der Waals surface area contributed by atoms with Crippen molar-refractivity contribution in [3.8, 4) is 0 Å². The predicted molar refractivity (Wildman–Crippen MR) is 121 cm³/mol. The van der Waals surface area contributed by atoms with Crippen molar-refractivity contribution in [1.29, 1.82) is 0 Å². The lowest BCUT2D eigenvalue weighted by Gasteiger charge is -2.50. The van der Waals surface area contributed by atoms with E-state index in [2.05, 4.69) is 93.0 Å². The van der Waals surface area contributed by atoms with Crippen molar-refractivity contribution in [2.75, 3.05) is 0 Å². The normalized spacial score (nSPS) is 16.4. The van der Waals surface area contributed by atoms with Crippen molar-refractivity contribution in [1.82, 2.24) is 0 Å². The molecule has 0 aromatic rings. The summed E-state index contributed by atoms with van der Waals surface area (Å²) in [5.41, 5.74) is 0. The molecule has 0 spiro atoms. The molecule has 0 aromatic heterocycles. The molecule has 0 aliphatic rings. The van der Waals surface area contributed by atoms with E-state index in [9.17, 15) is 0 Å². The second-order valence-electron chi connectivity index (χ2n) is 10.6. The van der Waals surface area contributed by atoms with Crippen molar-refractivity contribution in [2.24, 2.45) is 11.8 Å². The van der Waals surface area contributed by atoms with Crippen molar-refractivity contribution in [3.05, 3.63) is 25.3 Å². The number of rotatable bonds is 12. The SMILES string of the molecule is C=CC[C@@H](C)CC(C)(C)[Si](C)(C)O[Si](C)(C)C(C)(C)C[C@@H](C)CC=C. The van der Waals surface area contributed by atoms with Crippen LogP contribution in [-0.4, -0.2) is 16.6 Å². The Bertz CT molecular complexity index is 395. The van der Waals surface area contributed by atoms with Gasteiger partial charge in [-0.25, -0.2) is 0 Å². The van der Waals surface area contributed by atoms with E-state index >= 15 is 0 Å². The monoisotopic (exact) mass is 382 g/mol. The van der Waals surface area contributed by atoms with E-state index in [0.717, 1.165) is 12.8 Å². The Morgan fingerprint density at radius 3 is 1.28 bits per heavy atom.